The first-order chi connectivity index (χ1) is 14.4. The van der Waals surface area contributed by atoms with Gasteiger partial charge in [-0.25, -0.2) is 8.42 Å². The van der Waals surface area contributed by atoms with E-state index in [-0.39, 0.29) is 42.5 Å². The van der Waals surface area contributed by atoms with E-state index in [1.807, 2.05) is 19.9 Å². The Labute approximate surface area is 186 Å². The molecule has 0 aliphatic carbocycles. The van der Waals surface area contributed by atoms with Crippen molar-refractivity contribution in [3.8, 4) is 0 Å². The first kappa shape index (κ1) is 23.2. The first-order valence-corrected chi connectivity index (χ1v) is 11.6. The summed E-state index contributed by atoms with van der Waals surface area (Å²) in [4.78, 5) is 25.3. The number of carbonyl (C=O) groups excluding carboxylic acids is 1. The Morgan fingerprint density at radius 3 is 2.06 bits per heavy atom. The highest BCUT2D eigenvalue weighted by Crippen LogP contribution is 2.30. The van der Waals surface area contributed by atoms with Crippen molar-refractivity contribution in [2.24, 2.45) is 0 Å². The molecule has 8 nitrogen and oxygen atoms in total. The van der Waals surface area contributed by atoms with Gasteiger partial charge in [0.2, 0.25) is 10.0 Å². The number of hydrogen-bond acceptors (Lipinski definition) is 5. The lowest BCUT2D eigenvalue weighted by Gasteiger charge is -2.34. The predicted octanol–water partition coefficient (Wildman–Crippen LogP) is 3.63. The van der Waals surface area contributed by atoms with Crippen molar-refractivity contribution in [1.29, 1.82) is 0 Å². The Kier molecular flexibility index (Phi) is 6.40. The second-order valence-corrected chi connectivity index (χ2v) is 10.0. The lowest BCUT2D eigenvalue weighted by Crippen LogP contribution is -2.50. The summed E-state index contributed by atoms with van der Waals surface area (Å²) in [5, 5.41) is 11.5. The van der Waals surface area contributed by atoms with Gasteiger partial charge in [0.25, 0.3) is 11.6 Å². The molecule has 1 saturated heterocycles. The number of piperazine rings is 1. The van der Waals surface area contributed by atoms with Crippen LogP contribution >= 0.6 is 11.6 Å². The maximum atomic E-state index is 13.4. The number of aryl methyl sites for hydroxylation is 2. The monoisotopic (exact) mass is 465 g/mol. The smallest absolute Gasteiger partial charge is 0.283 e. The molecule has 1 heterocycles. The van der Waals surface area contributed by atoms with Crippen LogP contribution in [0.15, 0.2) is 29.2 Å². The molecule has 0 atom stereocenters. The summed E-state index contributed by atoms with van der Waals surface area (Å²) in [6.07, 6.45) is 0. The molecule has 0 saturated carbocycles. The van der Waals surface area contributed by atoms with E-state index in [4.69, 9.17) is 11.6 Å². The normalized spacial score (nSPS) is 15.2. The van der Waals surface area contributed by atoms with E-state index < -0.39 is 20.9 Å². The van der Waals surface area contributed by atoms with Crippen molar-refractivity contribution in [1.82, 2.24) is 9.21 Å². The number of benzene rings is 2. The molecule has 2 aromatic carbocycles. The molecule has 1 amide bonds. The Bertz CT molecular complexity index is 1150. The fourth-order valence-electron chi connectivity index (χ4n) is 3.84. The second-order valence-electron chi connectivity index (χ2n) is 7.70. The van der Waals surface area contributed by atoms with Crippen LogP contribution in [0.1, 0.15) is 32.6 Å². The van der Waals surface area contributed by atoms with Crippen molar-refractivity contribution in [2.45, 2.75) is 32.6 Å². The van der Waals surface area contributed by atoms with E-state index in [9.17, 15) is 23.3 Å². The van der Waals surface area contributed by atoms with Crippen molar-refractivity contribution in [3.05, 3.63) is 67.2 Å². The van der Waals surface area contributed by atoms with Crippen LogP contribution in [0.2, 0.25) is 5.02 Å². The molecule has 1 aliphatic heterocycles. The minimum absolute atomic E-state index is 0.0632. The molecular formula is C21H24ClN3O5S. The molecule has 0 N–H and O–H groups in total. The zero-order valence-corrected chi connectivity index (χ0v) is 19.4. The molecule has 1 aliphatic rings. The van der Waals surface area contributed by atoms with Crippen LogP contribution in [0.25, 0.3) is 0 Å². The molecule has 0 aromatic heterocycles. The summed E-state index contributed by atoms with van der Waals surface area (Å²) in [5.41, 5.74) is 2.83. The highest BCUT2D eigenvalue weighted by molar-refractivity contribution is 7.89. The lowest BCUT2D eigenvalue weighted by atomic mass is 10.0. The van der Waals surface area contributed by atoms with Gasteiger partial charge in [-0.3, -0.25) is 14.9 Å². The number of rotatable bonds is 4. The van der Waals surface area contributed by atoms with E-state index in [2.05, 4.69) is 0 Å². The molecule has 0 spiro atoms. The van der Waals surface area contributed by atoms with Crippen molar-refractivity contribution in [3.63, 3.8) is 0 Å². The highest BCUT2D eigenvalue weighted by Gasteiger charge is 2.34. The highest BCUT2D eigenvalue weighted by atomic mass is 35.5. The Morgan fingerprint density at radius 1 is 1.00 bits per heavy atom. The number of nitro benzene ring substituents is 1. The van der Waals surface area contributed by atoms with Gasteiger partial charge < -0.3 is 4.90 Å². The zero-order valence-electron chi connectivity index (χ0n) is 17.8. The minimum Gasteiger partial charge on any atom is -0.336 e. The molecular weight excluding hydrogens is 442 g/mol. The van der Waals surface area contributed by atoms with Gasteiger partial charge in [-0.15, -0.1) is 0 Å². The topological polar surface area (TPSA) is 101 Å². The summed E-state index contributed by atoms with van der Waals surface area (Å²) in [6, 6.07) is 5.86. The van der Waals surface area contributed by atoms with Crippen LogP contribution in [0, 0.1) is 37.8 Å². The average molecular weight is 466 g/mol. The van der Waals surface area contributed by atoms with E-state index in [0.717, 1.165) is 28.3 Å². The van der Waals surface area contributed by atoms with E-state index >= 15 is 0 Å². The second kappa shape index (κ2) is 8.57. The third-order valence-electron chi connectivity index (χ3n) is 5.81. The number of carbonyl (C=O) groups is 1. The fourth-order valence-corrected chi connectivity index (χ4v) is 6.00. The minimum atomic E-state index is -3.74. The molecule has 0 unspecified atom stereocenters. The van der Waals surface area contributed by atoms with Crippen molar-refractivity contribution < 1.29 is 18.1 Å². The lowest BCUT2D eigenvalue weighted by molar-refractivity contribution is -0.385. The van der Waals surface area contributed by atoms with Crippen LogP contribution in [0.4, 0.5) is 5.69 Å². The van der Waals surface area contributed by atoms with Gasteiger partial charge in [0.05, 0.1) is 9.82 Å². The van der Waals surface area contributed by atoms with Crippen LogP contribution in [0.3, 0.4) is 0 Å². The number of amides is 1. The van der Waals surface area contributed by atoms with E-state index in [1.165, 1.54) is 21.3 Å². The van der Waals surface area contributed by atoms with Crippen molar-refractivity contribution in [2.75, 3.05) is 26.2 Å². The Morgan fingerprint density at radius 2 is 1.55 bits per heavy atom. The maximum Gasteiger partial charge on any atom is 0.283 e. The molecule has 166 valence electrons. The van der Waals surface area contributed by atoms with E-state index in [1.54, 1.807) is 13.8 Å². The quantitative estimate of drug-likeness (QED) is 0.507. The maximum absolute atomic E-state index is 13.4. The van der Waals surface area contributed by atoms with Crippen LogP contribution in [-0.4, -0.2) is 54.6 Å². The number of halogens is 1. The number of nitro groups is 1. The molecule has 3 rings (SSSR count). The third-order valence-corrected chi connectivity index (χ3v) is 8.22. The van der Waals surface area contributed by atoms with Crippen molar-refractivity contribution >= 4 is 33.2 Å². The fraction of sp³-hybridized carbons (Fsp3) is 0.381. The summed E-state index contributed by atoms with van der Waals surface area (Å²) < 4.78 is 28.1. The largest absolute Gasteiger partial charge is 0.336 e. The van der Waals surface area contributed by atoms with Gasteiger partial charge in [0.1, 0.15) is 5.56 Å². The van der Waals surface area contributed by atoms with Crippen LogP contribution in [-0.2, 0) is 10.0 Å². The number of nitrogens with zero attached hydrogens (tertiary/aromatic N) is 3. The molecule has 1 fully saturated rings. The van der Waals surface area contributed by atoms with Gasteiger partial charge in [-0.2, -0.15) is 4.31 Å². The van der Waals surface area contributed by atoms with E-state index in [0.29, 0.717) is 4.90 Å². The summed E-state index contributed by atoms with van der Waals surface area (Å²) in [6.45, 7) is 7.87. The molecule has 10 heteroatoms. The van der Waals surface area contributed by atoms with Crippen LogP contribution in [0.5, 0.6) is 0 Å². The van der Waals surface area contributed by atoms with Gasteiger partial charge >= 0.3 is 0 Å². The third kappa shape index (κ3) is 4.30. The summed E-state index contributed by atoms with van der Waals surface area (Å²) in [5.74, 6) is -0.515. The van der Waals surface area contributed by atoms with Gasteiger partial charge in [0.15, 0.2) is 0 Å². The van der Waals surface area contributed by atoms with Crippen LogP contribution < -0.4 is 0 Å². The first-order valence-electron chi connectivity index (χ1n) is 9.76. The molecule has 0 bridgehead atoms. The van der Waals surface area contributed by atoms with Gasteiger partial charge in [-0.05, 0) is 62.1 Å². The van der Waals surface area contributed by atoms with Gasteiger partial charge in [-0.1, -0.05) is 17.7 Å². The summed E-state index contributed by atoms with van der Waals surface area (Å²) >= 11 is 5.82. The predicted molar refractivity (Wildman–Crippen MR) is 118 cm³/mol. The SMILES string of the molecule is Cc1cc(C)c(C)c(S(=O)(=O)N2CCN(C(=O)c3ccc(Cl)cc3[N+](=O)[O-])CC2)c1C. The Balaban J connectivity index is 1.83. The number of hydrogen-bond donors (Lipinski definition) is 0. The summed E-state index contributed by atoms with van der Waals surface area (Å²) in [7, 11) is -3.74. The molecule has 31 heavy (non-hydrogen) atoms. The molecule has 2 aromatic rings. The zero-order chi connectivity index (χ0) is 23.1. The average Bonchev–Trinajstić information content (AvgIpc) is 2.72. The molecule has 0 radical (unpaired) electrons. The van der Waals surface area contributed by atoms with Gasteiger partial charge in [0, 0.05) is 37.3 Å². The number of sulfonamides is 1. The Hall–Kier alpha value is -2.49. The standard InChI is InChI=1S/C21H24ClN3O5S/c1-13-11-14(2)16(4)20(15(13)3)31(29,30)24-9-7-23(8-10-24)21(26)18-6-5-17(22)12-19(18)25(27)28/h5-6,11-12H,7-10H2,1-4H3.